The van der Waals surface area contributed by atoms with Crippen LogP contribution < -0.4 is 5.73 Å². The van der Waals surface area contributed by atoms with Crippen LogP contribution >= 0.6 is 0 Å². The molecule has 29 heavy (non-hydrogen) atoms. The summed E-state index contributed by atoms with van der Waals surface area (Å²) in [5.74, 6) is 1.03. The minimum absolute atomic E-state index is 0.423. The van der Waals surface area contributed by atoms with Crippen molar-refractivity contribution in [3.05, 3.63) is 87.7 Å². The number of hydrogen-bond acceptors (Lipinski definition) is 1. The Morgan fingerprint density at radius 1 is 1.07 bits per heavy atom. The second-order valence-electron chi connectivity index (χ2n) is 8.91. The summed E-state index contributed by atoms with van der Waals surface area (Å²) >= 11 is 0. The molecule has 0 aliphatic heterocycles. The molecule has 1 aromatic carbocycles. The third kappa shape index (κ3) is 5.63. The van der Waals surface area contributed by atoms with Crippen LogP contribution in [0.4, 0.5) is 0 Å². The molecular weight excluding hydrogens is 350 g/mol. The minimum atomic E-state index is 0.423. The Morgan fingerprint density at radius 2 is 1.69 bits per heavy atom. The first-order valence-electron chi connectivity index (χ1n) is 10.9. The van der Waals surface area contributed by atoms with Gasteiger partial charge >= 0.3 is 0 Å². The zero-order chi connectivity index (χ0) is 21.7. The van der Waals surface area contributed by atoms with E-state index in [0.29, 0.717) is 17.5 Å². The minimum Gasteiger partial charge on any atom is -0.399 e. The number of nitrogens with two attached hydrogens (primary N) is 1. The van der Waals surface area contributed by atoms with Gasteiger partial charge in [-0.1, -0.05) is 74.4 Å². The van der Waals surface area contributed by atoms with Gasteiger partial charge in [-0.3, -0.25) is 0 Å². The standard InChI is InChI=1S/C28H39N/c1-9-24(25-13-10-19(4)11-14-25)17-26(23(8)29)16-21(6)28-20(5)12-15-27(18(2)3)22(28)7/h9-11,13-14,17-18,21H,8,12,15-16,29H2,1-7H3/b24-9+,26-17-. The third-order valence-electron chi connectivity index (χ3n) is 6.27. The highest BCUT2D eigenvalue weighted by Crippen LogP contribution is 2.39. The first kappa shape index (κ1) is 23.0. The van der Waals surface area contributed by atoms with Crippen molar-refractivity contribution < 1.29 is 0 Å². The van der Waals surface area contributed by atoms with Gasteiger partial charge in [-0.2, -0.15) is 0 Å². The van der Waals surface area contributed by atoms with Crippen molar-refractivity contribution >= 4 is 5.57 Å². The molecule has 1 nitrogen and oxygen atoms in total. The first-order valence-corrected chi connectivity index (χ1v) is 10.9. The van der Waals surface area contributed by atoms with Crippen LogP contribution in [0.2, 0.25) is 0 Å². The molecule has 1 aromatic rings. The van der Waals surface area contributed by atoms with Gasteiger partial charge in [-0.05, 0) is 92.7 Å². The summed E-state index contributed by atoms with van der Waals surface area (Å²) in [4.78, 5) is 0. The summed E-state index contributed by atoms with van der Waals surface area (Å²) in [5, 5.41) is 0. The van der Waals surface area contributed by atoms with Crippen LogP contribution in [-0.2, 0) is 0 Å². The maximum atomic E-state index is 6.25. The zero-order valence-corrected chi connectivity index (χ0v) is 19.5. The van der Waals surface area contributed by atoms with E-state index >= 15 is 0 Å². The predicted molar refractivity (Wildman–Crippen MR) is 129 cm³/mol. The lowest BCUT2D eigenvalue weighted by molar-refractivity contribution is 0.623. The average molecular weight is 390 g/mol. The van der Waals surface area contributed by atoms with E-state index in [2.05, 4.69) is 91.5 Å². The Kier molecular flexibility index (Phi) is 7.90. The number of allylic oxidation sites excluding steroid dienone is 8. The van der Waals surface area contributed by atoms with E-state index in [1.165, 1.54) is 46.3 Å². The Labute approximate surface area is 178 Å². The molecule has 1 aliphatic rings. The van der Waals surface area contributed by atoms with E-state index in [-0.39, 0.29) is 0 Å². The van der Waals surface area contributed by atoms with E-state index in [1.807, 2.05) is 0 Å². The maximum Gasteiger partial charge on any atom is 0.0273 e. The number of hydrogen-bond donors (Lipinski definition) is 1. The van der Waals surface area contributed by atoms with Crippen molar-refractivity contribution in [3.63, 3.8) is 0 Å². The highest BCUT2D eigenvalue weighted by Gasteiger charge is 2.23. The fourth-order valence-electron chi connectivity index (χ4n) is 4.63. The predicted octanol–water partition coefficient (Wildman–Crippen LogP) is 7.91. The lowest BCUT2D eigenvalue weighted by atomic mass is 9.76. The van der Waals surface area contributed by atoms with E-state index in [9.17, 15) is 0 Å². The van der Waals surface area contributed by atoms with Gasteiger partial charge in [-0.25, -0.2) is 0 Å². The Hall–Kier alpha value is -2.28. The van der Waals surface area contributed by atoms with Crippen LogP contribution in [0.3, 0.4) is 0 Å². The van der Waals surface area contributed by atoms with Gasteiger partial charge in [0.1, 0.15) is 0 Å². The first-order chi connectivity index (χ1) is 13.6. The summed E-state index contributed by atoms with van der Waals surface area (Å²) in [7, 11) is 0. The molecule has 0 amide bonds. The molecule has 2 N–H and O–H groups in total. The van der Waals surface area contributed by atoms with Crippen LogP contribution in [0.1, 0.15) is 71.9 Å². The van der Waals surface area contributed by atoms with Crippen LogP contribution in [0.5, 0.6) is 0 Å². The quantitative estimate of drug-likeness (QED) is 0.471. The smallest absolute Gasteiger partial charge is 0.0273 e. The molecule has 0 saturated carbocycles. The molecule has 0 heterocycles. The molecule has 2 rings (SSSR count). The number of benzene rings is 1. The van der Waals surface area contributed by atoms with E-state index in [4.69, 9.17) is 5.73 Å². The summed E-state index contributed by atoms with van der Waals surface area (Å²) in [6, 6.07) is 8.67. The van der Waals surface area contributed by atoms with Crippen molar-refractivity contribution in [2.75, 3.05) is 0 Å². The van der Waals surface area contributed by atoms with E-state index in [0.717, 1.165) is 12.0 Å². The largest absolute Gasteiger partial charge is 0.399 e. The van der Waals surface area contributed by atoms with Crippen LogP contribution in [-0.4, -0.2) is 0 Å². The topological polar surface area (TPSA) is 26.0 Å². The molecular formula is C28H39N. The molecule has 0 spiro atoms. The van der Waals surface area contributed by atoms with Gasteiger partial charge < -0.3 is 5.73 Å². The number of aryl methyl sites for hydroxylation is 1. The van der Waals surface area contributed by atoms with Crippen LogP contribution in [0.25, 0.3) is 5.57 Å². The molecule has 1 atom stereocenters. The van der Waals surface area contributed by atoms with Gasteiger partial charge in [0.2, 0.25) is 0 Å². The zero-order valence-electron chi connectivity index (χ0n) is 19.5. The monoisotopic (exact) mass is 389 g/mol. The van der Waals surface area contributed by atoms with Crippen molar-refractivity contribution in [1.29, 1.82) is 0 Å². The fraction of sp³-hybridized carbons (Fsp3) is 0.429. The lowest BCUT2D eigenvalue weighted by Crippen LogP contribution is -2.14. The van der Waals surface area contributed by atoms with Gasteiger partial charge in [0.05, 0.1) is 0 Å². The molecule has 1 heteroatoms. The third-order valence-corrected chi connectivity index (χ3v) is 6.27. The van der Waals surface area contributed by atoms with Crippen molar-refractivity contribution in [3.8, 4) is 0 Å². The molecule has 0 aromatic heterocycles. The summed E-state index contributed by atoms with van der Waals surface area (Å²) in [5.41, 5.74) is 17.9. The number of rotatable bonds is 7. The second kappa shape index (κ2) is 9.96. The van der Waals surface area contributed by atoms with Crippen molar-refractivity contribution in [1.82, 2.24) is 0 Å². The van der Waals surface area contributed by atoms with Gasteiger partial charge in [0, 0.05) is 5.70 Å². The highest BCUT2D eigenvalue weighted by atomic mass is 14.6. The molecule has 0 fully saturated rings. The second-order valence-corrected chi connectivity index (χ2v) is 8.91. The van der Waals surface area contributed by atoms with Crippen LogP contribution in [0.15, 0.2) is 76.6 Å². The van der Waals surface area contributed by atoms with E-state index < -0.39 is 0 Å². The van der Waals surface area contributed by atoms with Gasteiger partial charge in [0.25, 0.3) is 0 Å². The Balaban J connectivity index is 2.36. The molecule has 0 saturated heterocycles. The van der Waals surface area contributed by atoms with Crippen LogP contribution in [0, 0.1) is 18.8 Å². The SMILES string of the molecule is C=C(N)/C(=C\C(=C/C)c1ccc(C)cc1)CC(C)C1=C(C)CCC(C(C)C)=C1C. The Bertz CT molecular complexity index is 869. The summed E-state index contributed by atoms with van der Waals surface area (Å²) < 4.78 is 0. The molecule has 1 aliphatic carbocycles. The van der Waals surface area contributed by atoms with E-state index in [1.54, 1.807) is 5.57 Å². The lowest BCUT2D eigenvalue weighted by Gasteiger charge is -2.29. The molecule has 1 unspecified atom stereocenters. The molecule has 0 bridgehead atoms. The normalized spacial score (nSPS) is 17.2. The van der Waals surface area contributed by atoms with Gasteiger partial charge in [-0.15, -0.1) is 0 Å². The summed E-state index contributed by atoms with van der Waals surface area (Å²) in [6.45, 7) is 19.9. The van der Waals surface area contributed by atoms with Gasteiger partial charge in [0.15, 0.2) is 0 Å². The fourth-order valence-corrected chi connectivity index (χ4v) is 4.63. The molecule has 0 radical (unpaired) electrons. The van der Waals surface area contributed by atoms with Crippen molar-refractivity contribution in [2.45, 2.75) is 67.7 Å². The van der Waals surface area contributed by atoms with Crippen molar-refractivity contribution in [2.24, 2.45) is 17.6 Å². The highest BCUT2D eigenvalue weighted by molar-refractivity contribution is 5.75. The Morgan fingerprint density at radius 3 is 2.21 bits per heavy atom. The summed E-state index contributed by atoms with van der Waals surface area (Å²) in [6.07, 6.45) is 7.68. The molecule has 156 valence electrons. The average Bonchev–Trinajstić information content (AvgIpc) is 2.65. The maximum absolute atomic E-state index is 6.25.